The van der Waals surface area contributed by atoms with Gasteiger partial charge in [-0.1, -0.05) is 48.0 Å². The zero-order valence-corrected chi connectivity index (χ0v) is 18.9. The maximum atomic E-state index is 12.4. The number of rotatable bonds is 6. The Morgan fingerprint density at radius 3 is 1.91 bits per heavy atom. The van der Waals surface area contributed by atoms with Gasteiger partial charge >= 0.3 is 6.09 Å². The summed E-state index contributed by atoms with van der Waals surface area (Å²) in [7, 11) is 0. The van der Waals surface area contributed by atoms with Crippen molar-refractivity contribution in [1.29, 1.82) is 0 Å². The summed E-state index contributed by atoms with van der Waals surface area (Å²) >= 11 is 0. The zero-order valence-electron chi connectivity index (χ0n) is 18.9. The van der Waals surface area contributed by atoms with Gasteiger partial charge in [0, 0.05) is 29.8 Å². The van der Waals surface area contributed by atoms with Crippen LogP contribution < -0.4 is 10.6 Å². The molecule has 0 saturated carbocycles. The second kappa shape index (κ2) is 10.1. The number of ether oxygens (including phenoxy) is 1. The van der Waals surface area contributed by atoms with Crippen LogP contribution >= 0.6 is 0 Å². The van der Waals surface area contributed by atoms with E-state index in [9.17, 15) is 9.59 Å². The molecule has 6 heteroatoms. The van der Waals surface area contributed by atoms with E-state index < -0.39 is 11.7 Å². The minimum absolute atomic E-state index is 0.205. The average molecular weight is 432 g/mol. The molecule has 0 aliphatic heterocycles. The van der Waals surface area contributed by atoms with Gasteiger partial charge in [0.1, 0.15) is 5.60 Å². The van der Waals surface area contributed by atoms with Gasteiger partial charge in [-0.25, -0.2) is 9.78 Å². The van der Waals surface area contributed by atoms with Crippen LogP contribution in [0, 0.1) is 6.92 Å². The summed E-state index contributed by atoms with van der Waals surface area (Å²) in [6, 6.07) is 21.5. The van der Waals surface area contributed by atoms with Crippen molar-refractivity contribution in [3.05, 3.63) is 77.9 Å². The second-order valence-electron chi connectivity index (χ2n) is 8.54. The first-order valence-electron chi connectivity index (χ1n) is 10.6. The minimum atomic E-state index is -0.552. The van der Waals surface area contributed by atoms with Gasteiger partial charge in [-0.15, -0.1) is 0 Å². The molecule has 0 radical (unpaired) electrons. The molecule has 166 valence electrons. The standard InChI is InChI=1S/C26H29N3O3/c1-18-8-10-19(11-9-18)22-6-5-7-23(29-22)20-12-14-21(15-13-20)24(30)27-16-17-28-25(31)32-26(2,3)4/h5-15H,16-17H2,1-4H3,(H,27,30)(H,28,31). The summed E-state index contributed by atoms with van der Waals surface area (Å²) in [5.41, 5.74) is 4.94. The molecule has 0 unspecified atom stereocenters. The quantitative estimate of drug-likeness (QED) is 0.540. The third kappa shape index (κ3) is 6.67. The number of hydrogen-bond acceptors (Lipinski definition) is 4. The van der Waals surface area contributed by atoms with Gasteiger partial charge in [-0.05, 0) is 52.0 Å². The lowest BCUT2D eigenvalue weighted by molar-refractivity contribution is 0.0526. The van der Waals surface area contributed by atoms with Gasteiger partial charge in [0.05, 0.1) is 11.4 Å². The van der Waals surface area contributed by atoms with Crippen LogP contribution in [0.2, 0.25) is 0 Å². The fourth-order valence-corrected chi connectivity index (χ4v) is 3.03. The fraction of sp³-hybridized carbons (Fsp3) is 0.269. The molecule has 0 atom stereocenters. The molecule has 0 aliphatic carbocycles. The Hall–Kier alpha value is -3.67. The van der Waals surface area contributed by atoms with Crippen LogP contribution in [-0.4, -0.2) is 35.7 Å². The molecule has 0 bridgehead atoms. The molecule has 1 heterocycles. The van der Waals surface area contributed by atoms with Crippen LogP contribution in [0.3, 0.4) is 0 Å². The van der Waals surface area contributed by atoms with Gasteiger partial charge < -0.3 is 15.4 Å². The van der Waals surface area contributed by atoms with Gasteiger partial charge in [-0.3, -0.25) is 4.79 Å². The molecule has 0 saturated heterocycles. The number of carbonyl (C=O) groups is 2. The van der Waals surface area contributed by atoms with Crippen molar-refractivity contribution in [2.45, 2.75) is 33.3 Å². The first-order valence-corrected chi connectivity index (χ1v) is 10.6. The molecule has 2 aromatic carbocycles. The zero-order chi connectivity index (χ0) is 23.1. The van der Waals surface area contributed by atoms with E-state index in [1.165, 1.54) is 5.56 Å². The summed E-state index contributed by atoms with van der Waals surface area (Å²) in [5.74, 6) is -0.205. The Balaban J connectivity index is 1.57. The highest BCUT2D eigenvalue weighted by molar-refractivity contribution is 5.94. The van der Waals surface area contributed by atoms with Crippen molar-refractivity contribution in [2.75, 3.05) is 13.1 Å². The summed E-state index contributed by atoms with van der Waals surface area (Å²) in [6.45, 7) is 8.04. The molecule has 3 rings (SSSR count). The lowest BCUT2D eigenvalue weighted by atomic mass is 10.1. The lowest BCUT2D eigenvalue weighted by Crippen LogP contribution is -2.37. The van der Waals surface area contributed by atoms with Crippen LogP contribution in [0.1, 0.15) is 36.7 Å². The summed E-state index contributed by atoms with van der Waals surface area (Å²) < 4.78 is 5.16. The van der Waals surface area contributed by atoms with Gasteiger partial charge in [-0.2, -0.15) is 0 Å². The van der Waals surface area contributed by atoms with Crippen LogP contribution in [-0.2, 0) is 4.74 Å². The summed E-state index contributed by atoms with van der Waals surface area (Å²) in [5, 5.41) is 5.40. The van der Waals surface area contributed by atoms with E-state index in [2.05, 4.69) is 41.8 Å². The maximum absolute atomic E-state index is 12.4. The highest BCUT2D eigenvalue weighted by atomic mass is 16.6. The Kier molecular flexibility index (Phi) is 7.25. The third-order valence-corrected chi connectivity index (χ3v) is 4.62. The van der Waals surface area contributed by atoms with E-state index in [4.69, 9.17) is 9.72 Å². The second-order valence-corrected chi connectivity index (χ2v) is 8.54. The highest BCUT2D eigenvalue weighted by Crippen LogP contribution is 2.23. The van der Waals surface area contributed by atoms with E-state index in [1.54, 1.807) is 32.9 Å². The molecule has 1 aromatic heterocycles. The predicted octanol–water partition coefficient (Wildman–Crippen LogP) is 4.98. The minimum Gasteiger partial charge on any atom is -0.444 e. The van der Waals surface area contributed by atoms with Crippen molar-refractivity contribution in [2.24, 2.45) is 0 Å². The monoisotopic (exact) mass is 431 g/mol. The molecule has 2 amide bonds. The maximum Gasteiger partial charge on any atom is 0.407 e. The van der Waals surface area contributed by atoms with E-state index >= 15 is 0 Å². The van der Waals surface area contributed by atoms with Crippen molar-refractivity contribution < 1.29 is 14.3 Å². The van der Waals surface area contributed by atoms with Crippen molar-refractivity contribution in [1.82, 2.24) is 15.6 Å². The fourth-order valence-electron chi connectivity index (χ4n) is 3.03. The number of amides is 2. The number of alkyl carbamates (subject to hydrolysis) is 1. The molecular formula is C26H29N3O3. The third-order valence-electron chi connectivity index (χ3n) is 4.62. The predicted molar refractivity (Wildman–Crippen MR) is 126 cm³/mol. The summed E-state index contributed by atoms with van der Waals surface area (Å²) in [6.07, 6.45) is -0.503. The number of aromatic nitrogens is 1. The smallest absolute Gasteiger partial charge is 0.407 e. The van der Waals surface area contributed by atoms with Crippen LogP contribution in [0.15, 0.2) is 66.7 Å². The Bertz CT molecular complexity index is 1070. The molecule has 0 fully saturated rings. The van der Waals surface area contributed by atoms with Crippen molar-refractivity contribution in [3.63, 3.8) is 0 Å². The first kappa shape index (κ1) is 23.0. The van der Waals surface area contributed by atoms with Crippen LogP contribution in [0.4, 0.5) is 4.79 Å². The number of benzene rings is 2. The Morgan fingerprint density at radius 1 is 0.812 bits per heavy atom. The highest BCUT2D eigenvalue weighted by Gasteiger charge is 2.15. The molecule has 2 N–H and O–H groups in total. The molecule has 6 nitrogen and oxygen atoms in total. The topological polar surface area (TPSA) is 80.3 Å². The summed E-state index contributed by atoms with van der Waals surface area (Å²) in [4.78, 5) is 28.8. The number of nitrogens with zero attached hydrogens (tertiary/aromatic N) is 1. The normalized spacial score (nSPS) is 11.0. The molecule has 0 spiro atoms. The van der Waals surface area contributed by atoms with Crippen molar-refractivity contribution in [3.8, 4) is 22.5 Å². The van der Waals surface area contributed by atoms with E-state index in [0.717, 1.165) is 22.5 Å². The lowest BCUT2D eigenvalue weighted by Gasteiger charge is -2.19. The number of nitrogens with one attached hydrogen (secondary N) is 2. The van der Waals surface area contributed by atoms with Gasteiger partial charge in [0.15, 0.2) is 0 Å². The molecular weight excluding hydrogens is 402 g/mol. The van der Waals surface area contributed by atoms with Gasteiger partial charge in [0.25, 0.3) is 5.91 Å². The Labute approximate surface area is 189 Å². The van der Waals surface area contributed by atoms with Crippen LogP contribution in [0.5, 0.6) is 0 Å². The Morgan fingerprint density at radius 2 is 1.34 bits per heavy atom. The SMILES string of the molecule is Cc1ccc(-c2cccc(-c3ccc(C(=O)NCCNC(=O)OC(C)(C)C)cc3)n2)cc1. The number of hydrogen-bond donors (Lipinski definition) is 2. The largest absolute Gasteiger partial charge is 0.444 e. The average Bonchev–Trinajstić information content (AvgIpc) is 2.76. The van der Waals surface area contributed by atoms with Gasteiger partial charge in [0.2, 0.25) is 0 Å². The van der Waals surface area contributed by atoms with E-state index in [1.807, 2.05) is 30.3 Å². The van der Waals surface area contributed by atoms with E-state index in [0.29, 0.717) is 12.1 Å². The first-order chi connectivity index (χ1) is 15.2. The number of pyridine rings is 1. The molecule has 32 heavy (non-hydrogen) atoms. The molecule has 3 aromatic rings. The number of carbonyl (C=O) groups excluding carboxylic acids is 2. The van der Waals surface area contributed by atoms with Crippen molar-refractivity contribution >= 4 is 12.0 Å². The number of aryl methyl sites for hydroxylation is 1. The molecule has 0 aliphatic rings. The van der Waals surface area contributed by atoms with E-state index in [-0.39, 0.29) is 12.5 Å². The van der Waals surface area contributed by atoms with Crippen LogP contribution in [0.25, 0.3) is 22.5 Å².